The molecule has 1 saturated carbocycles. The minimum absolute atomic E-state index is 0.0337. The molecule has 3 nitrogen and oxygen atoms in total. The molecule has 3 heteroatoms. The van der Waals surface area contributed by atoms with Gasteiger partial charge in [-0.25, -0.2) is 0 Å². The number of nitrogens with two attached hydrogens (primary N) is 1. The highest BCUT2D eigenvalue weighted by Crippen LogP contribution is 2.26. The molecule has 3 N–H and O–H groups in total. The van der Waals surface area contributed by atoms with E-state index in [0.717, 1.165) is 38.1 Å². The smallest absolute Gasteiger partial charge is 0.236 e. The molecule has 1 atom stereocenters. The van der Waals surface area contributed by atoms with Crippen LogP contribution in [0, 0.1) is 5.92 Å². The largest absolute Gasteiger partial charge is 0.355 e. The third-order valence-corrected chi connectivity index (χ3v) is 3.53. The molecule has 1 aliphatic rings. The lowest BCUT2D eigenvalue weighted by Gasteiger charge is -2.13. The molecule has 1 unspecified atom stereocenters. The summed E-state index contributed by atoms with van der Waals surface area (Å²) >= 11 is 0. The van der Waals surface area contributed by atoms with Gasteiger partial charge in [0.2, 0.25) is 5.91 Å². The molecular formula is C13H26N2O. The normalized spacial score (nSPS) is 18.6. The van der Waals surface area contributed by atoms with Gasteiger partial charge in [0.25, 0.3) is 0 Å². The maximum Gasteiger partial charge on any atom is 0.236 e. The van der Waals surface area contributed by atoms with Crippen LogP contribution in [0.5, 0.6) is 0 Å². The van der Waals surface area contributed by atoms with Crippen LogP contribution in [-0.2, 0) is 4.79 Å². The summed E-state index contributed by atoms with van der Waals surface area (Å²) in [6.45, 7) is 2.92. The Morgan fingerprint density at radius 1 is 1.44 bits per heavy atom. The summed E-state index contributed by atoms with van der Waals surface area (Å²) in [4.78, 5) is 11.6. The zero-order chi connectivity index (χ0) is 11.8. The second kappa shape index (κ2) is 7.66. The van der Waals surface area contributed by atoms with Crippen molar-refractivity contribution in [1.29, 1.82) is 0 Å². The molecule has 0 aromatic rings. The first kappa shape index (κ1) is 13.5. The van der Waals surface area contributed by atoms with Crippen molar-refractivity contribution in [1.82, 2.24) is 5.32 Å². The van der Waals surface area contributed by atoms with Crippen LogP contribution in [0.2, 0.25) is 0 Å². The van der Waals surface area contributed by atoms with Gasteiger partial charge in [0.1, 0.15) is 0 Å². The lowest BCUT2D eigenvalue weighted by atomic mass is 10.0. The Hall–Kier alpha value is -0.570. The van der Waals surface area contributed by atoms with E-state index in [4.69, 9.17) is 5.73 Å². The molecule has 94 valence electrons. The third-order valence-electron chi connectivity index (χ3n) is 3.53. The Morgan fingerprint density at radius 2 is 2.12 bits per heavy atom. The van der Waals surface area contributed by atoms with Crippen molar-refractivity contribution >= 4 is 5.91 Å². The minimum atomic E-state index is -0.302. The van der Waals surface area contributed by atoms with Crippen LogP contribution in [0.4, 0.5) is 0 Å². The highest BCUT2D eigenvalue weighted by molar-refractivity contribution is 5.81. The van der Waals surface area contributed by atoms with E-state index in [9.17, 15) is 4.79 Å². The van der Waals surface area contributed by atoms with Crippen molar-refractivity contribution in [2.24, 2.45) is 11.7 Å². The van der Waals surface area contributed by atoms with E-state index in [-0.39, 0.29) is 11.9 Å². The molecule has 1 aliphatic carbocycles. The van der Waals surface area contributed by atoms with Gasteiger partial charge in [0.15, 0.2) is 0 Å². The molecule has 0 aliphatic heterocycles. The second-order valence-electron chi connectivity index (χ2n) is 4.98. The highest BCUT2D eigenvalue weighted by Gasteiger charge is 2.16. The van der Waals surface area contributed by atoms with Gasteiger partial charge in [0.05, 0.1) is 6.04 Å². The SMILES string of the molecule is CCCCC(N)C(=O)NCCC1CCCC1. The molecule has 0 heterocycles. The third kappa shape index (κ3) is 4.97. The van der Waals surface area contributed by atoms with Crippen molar-refractivity contribution in [2.75, 3.05) is 6.54 Å². The number of carbonyl (C=O) groups is 1. The summed E-state index contributed by atoms with van der Waals surface area (Å²) in [5.41, 5.74) is 5.79. The van der Waals surface area contributed by atoms with E-state index in [2.05, 4.69) is 12.2 Å². The number of amides is 1. The van der Waals surface area contributed by atoms with Crippen molar-refractivity contribution in [3.05, 3.63) is 0 Å². The van der Waals surface area contributed by atoms with E-state index in [1.54, 1.807) is 0 Å². The van der Waals surface area contributed by atoms with Crippen LogP contribution >= 0.6 is 0 Å². The van der Waals surface area contributed by atoms with Gasteiger partial charge in [-0.3, -0.25) is 4.79 Å². The number of carbonyl (C=O) groups excluding carboxylic acids is 1. The highest BCUT2D eigenvalue weighted by atomic mass is 16.2. The fraction of sp³-hybridized carbons (Fsp3) is 0.923. The molecule has 0 radical (unpaired) electrons. The standard InChI is InChI=1S/C13H26N2O/c1-2-3-8-12(14)13(16)15-10-9-11-6-4-5-7-11/h11-12H,2-10,14H2,1H3,(H,15,16). The van der Waals surface area contributed by atoms with Crippen LogP contribution in [-0.4, -0.2) is 18.5 Å². The molecule has 0 aromatic carbocycles. The topological polar surface area (TPSA) is 55.1 Å². The fourth-order valence-electron chi connectivity index (χ4n) is 2.38. The zero-order valence-corrected chi connectivity index (χ0v) is 10.5. The van der Waals surface area contributed by atoms with Crippen molar-refractivity contribution in [2.45, 2.75) is 64.3 Å². The first-order chi connectivity index (χ1) is 7.74. The van der Waals surface area contributed by atoms with Crippen LogP contribution in [0.15, 0.2) is 0 Å². The Bertz CT molecular complexity index is 200. The summed E-state index contributed by atoms with van der Waals surface area (Å²) in [6.07, 6.45) is 9.51. The van der Waals surface area contributed by atoms with E-state index in [1.807, 2.05) is 0 Å². The molecule has 1 fully saturated rings. The molecule has 1 amide bonds. The Morgan fingerprint density at radius 3 is 2.75 bits per heavy atom. The number of nitrogens with one attached hydrogen (secondary N) is 1. The Kier molecular flexibility index (Phi) is 6.46. The average molecular weight is 226 g/mol. The summed E-state index contributed by atoms with van der Waals surface area (Å²) in [5.74, 6) is 0.874. The lowest BCUT2D eigenvalue weighted by molar-refractivity contribution is -0.122. The van der Waals surface area contributed by atoms with Gasteiger partial charge in [-0.05, 0) is 18.8 Å². The van der Waals surface area contributed by atoms with Crippen molar-refractivity contribution in [3.8, 4) is 0 Å². The summed E-state index contributed by atoms with van der Waals surface area (Å²) in [5, 5.41) is 2.95. The number of unbranched alkanes of at least 4 members (excludes halogenated alkanes) is 1. The molecule has 0 aromatic heterocycles. The average Bonchev–Trinajstić information content (AvgIpc) is 2.78. The van der Waals surface area contributed by atoms with Gasteiger partial charge in [-0.1, -0.05) is 45.4 Å². The molecular weight excluding hydrogens is 200 g/mol. The van der Waals surface area contributed by atoms with E-state index in [1.165, 1.54) is 25.7 Å². The van der Waals surface area contributed by atoms with Gasteiger partial charge in [0, 0.05) is 6.54 Å². The van der Waals surface area contributed by atoms with E-state index >= 15 is 0 Å². The fourth-order valence-corrected chi connectivity index (χ4v) is 2.38. The Balaban J connectivity index is 2.04. The quantitative estimate of drug-likeness (QED) is 0.699. The first-order valence-corrected chi connectivity index (χ1v) is 6.77. The predicted octanol–water partition coefficient (Wildman–Crippen LogP) is 2.20. The lowest BCUT2D eigenvalue weighted by Crippen LogP contribution is -2.41. The van der Waals surface area contributed by atoms with Crippen molar-refractivity contribution in [3.63, 3.8) is 0 Å². The summed E-state index contributed by atoms with van der Waals surface area (Å²) in [6, 6.07) is -0.302. The van der Waals surface area contributed by atoms with Crippen LogP contribution < -0.4 is 11.1 Å². The summed E-state index contributed by atoms with van der Waals surface area (Å²) in [7, 11) is 0. The molecule has 1 rings (SSSR count). The number of hydrogen-bond acceptors (Lipinski definition) is 2. The maximum atomic E-state index is 11.6. The monoisotopic (exact) mass is 226 g/mol. The predicted molar refractivity (Wildman–Crippen MR) is 67.1 cm³/mol. The summed E-state index contributed by atoms with van der Waals surface area (Å²) < 4.78 is 0. The van der Waals surface area contributed by atoms with E-state index in [0.29, 0.717) is 0 Å². The number of rotatable bonds is 7. The molecule has 0 bridgehead atoms. The molecule has 16 heavy (non-hydrogen) atoms. The minimum Gasteiger partial charge on any atom is -0.355 e. The van der Waals surface area contributed by atoms with E-state index < -0.39 is 0 Å². The van der Waals surface area contributed by atoms with Gasteiger partial charge < -0.3 is 11.1 Å². The van der Waals surface area contributed by atoms with Gasteiger partial charge >= 0.3 is 0 Å². The van der Waals surface area contributed by atoms with Crippen molar-refractivity contribution < 1.29 is 4.79 Å². The van der Waals surface area contributed by atoms with Crippen LogP contribution in [0.25, 0.3) is 0 Å². The maximum absolute atomic E-state index is 11.6. The first-order valence-electron chi connectivity index (χ1n) is 6.77. The zero-order valence-electron chi connectivity index (χ0n) is 10.5. The van der Waals surface area contributed by atoms with Gasteiger partial charge in [-0.15, -0.1) is 0 Å². The number of hydrogen-bond donors (Lipinski definition) is 2. The molecule has 0 spiro atoms. The second-order valence-corrected chi connectivity index (χ2v) is 4.98. The van der Waals surface area contributed by atoms with Crippen LogP contribution in [0.3, 0.4) is 0 Å². The Labute approximate surface area is 99.2 Å². The molecule has 0 saturated heterocycles. The van der Waals surface area contributed by atoms with Crippen LogP contribution in [0.1, 0.15) is 58.3 Å². The van der Waals surface area contributed by atoms with Gasteiger partial charge in [-0.2, -0.15) is 0 Å².